The van der Waals surface area contributed by atoms with Crippen molar-refractivity contribution in [2.75, 3.05) is 6.54 Å². The Bertz CT molecular complexity index is 267. The van der Waals surface area contributed by atoms with Crippen LogP contribution in [0.15, 0.2) is 6.33 Å². The second kappa shape index (κ2) is 5.10. The van der Waals surface area contributed by atoms with Crippen molar-refractivity contribution in [1.82, 2.24) is 14.8 Å². The number of aryl methyl sites for hydroxylation is 1. The maximum absolute atomic E-state index is 5.75. The third kappa shape index (κ3) is 2.54. The first-order chi connectivity index (χ1) is 6.69. The molecule has 0 bridgehead atoms. The van der Waals surface area contributed by atoms with Crippen molar-refractivity contribution in [1.29, 1.82) is 0 Å². The average molecular weight is 196 g/mol. The standard InChI is InChI=1S/C10H20N4/c1-4-14-10(12-7-13-14)9(6-11)5-8(2)3/h7-9H,4-6,11H2,1-3H3. The van der Waals surface area contributed by atoms with E-state index in [0.717, 1.165) is 18.8 Å². The highest BCUT2D eigenvalue weighted by atomic mass is 15.3. The summed E-state index contributed by atoms with van der Waals surface area (Å²) in [7, 11) is 0. The van der Waals surface area contributed by atoms with E-state index in [-0.39, 0.29) is 0 Å². The third-order valence-electron chi connectivity index (χ3n) is 2.35. The molecule has 4 nitrogen and oxygen atoms in total. The van der Waals surface area contributed by atoms with Crippen LogP contribution in [0.2, 0.25) is 0 Å². The molecule has 1 atom stereocenters. The number of hydrogen-bond acceptors (Lipinski definition) is 3. The Morgan fingerprint density at radius 3 is 2.71 bits per heavy atom. The van der Waals surface area contributed by atoms with Gasteiger partial charge in [-0.3, -0.25) is 4.68 Å². The van der Waals surface area contributed by atoms with Gasteiger partial charge in [0.1, 0.15) is 12.2 Å². The normalized spacial score (nSPS) is 13.5. The Morgan fingerprint density at radius 2 is 2.21 bits per heavy atom. The zero-order chi connectivity index (χ0) is 10.6. The first-order valence-electron chi connectivity index (χ1n) is 5.26. The van der Waals surface area contributed by atoms with Gasteiger partial charge < -0.3 is 5.73 Å². The van der Waals surface area contributed by atoms with Crippen molar-refractivity contribution in [2.45, 2.75) is 39.7 Å². The molecular weight excluding hydrogens is 176 g/mol. The predicted molar refractivity (Wildman–Crippen MR) is 56.9 cm³/mol. The van der Waals surface area contributed by atoms with Crippen LogP contribution in [0, 0.1) is 5.92 Å². The fourth-order valence-corrected chi connectivity index (χ4v) is 1.71. The Hall–Kier alpha value is -0.900. The predicted octanol–water partition coefficient (Wildman–Crippen LogP) is 1.39. The van der Waals surface area contributed by atoms with Gasteiger partial charge in [-0.15, -0.1) is 0 Å². The quantitative estimate of drug-likeness (QED) is 0.774. The molecular formula is C10H20N4. The van der Waals surface area contributed by atoms with Crippen molar-refractivity contribution in [3.05, 3.63) is 12.2 Å². The summed E-state index contributed by atoms with van der Waals surface area (Å²) >= 11 is 0. The van der Waals surface area contributed by atoms with E-state index in [1.807, 2.05) is 4.68 Å². The molecule has 80 valence electrons. The van der Waals surface area contributed by atoms with E-state index in [2.05, 4.69) is 30.9 Å². The van der Waals surface area contributed by atoms with Crippen LogP contribution >= 0.6 is 0 Å². The van der Waals surface area contributed by atoms with Crippen LogP contribution in [0.5, 0.6) is 0 Å². The van der Waals surface area contributed by atoms with Crippen LogP contribution in [-0.2, 0) is 6.54 Å². The molecule has 0 radical (unpaired) electrons. The largest absolute Gasteiger partial charge is 0.330 e. The molecule has 0 fully saturated rings. The zero-order valence-electron chi connectivity index (χ0n) is 9.27. The molecule has 0 aliphatic heterocycles. The monoisotopic (exact) mass is 196 g/mol. The summed E-state index contributed by atoms with van der Waals surface area (Å²) in [5.41, 5.74) is 5.75. The Labute approximate surface area is 85.5 Å². The number of hydrogen-bond donors (Lipinski definition) is 1. The number of nitrogens with zero attached hydrogens (tertiary/aromatic N) is 3. The van der Waals surface area contributed by atoms with Gasteiger partial charge in [0.2, 0.25) is 0 Å². The van der Waals surface area contributed by atoms with E-state index in [1.54, 1.807) is 6.33 Å². The average Bonchev–Trinajstić information content (AvgIpc) is 2.61. The summed E-state index contributed by atoms with van der Waals surface area (Å²) in [4.78, 5) is 4.28. The van der Waals surface area contributed by atoms with Crippen LogP contribution in [-0.4, -0.2) is 21.3 Å². The first kappa shape index (κ1) is 11.2. The molecule has 1 aromatic rings. The molecule has 14 heavy (non-hydrogen) atoms. The van der Waals surface area contributed by atoms with E-state index < -0.39 is 0 Å². The van der Waals surface area contributed by atoms with E-state index in [9.17, 15) is 0 Å². The zero-order valence-corrected chi connectivity index (χ0v) is 9.27. The number of rotatable bonds is 5. The van der Waals surface area contributed by atoms with Crippen molar-refractivity contribution in [3.8, 4) is 0 Å². The maximum Gasteiger partial charge on any atom is 0.138 e. The molecule has 0 aromatic carbocycles. The molecule has 2 N–H and O–H groups in total. The summed E-state index contributed by atoms with van der Waals surface area (Å²) in [5.74, 6) is 2.02. The van der Waals surface area contributed by atoms with Crippen molar-refractivity contribution in [3.63, 3.8) is 0 Å². The first-order valence-corrected chi connectivity index (χ1v) is 5.26. The Kier molecular flexibility index (Phi) is 4.07. The minimum Gasteiger partial charge on any atom is -0.330 e. The fraction of sp³-hybridized carbons (Fsp3) is 0.800. The lowest BCUT2D eigenvalue weighted by atomic mass is 9.96. The maximum atomic E-state index is 5.75. The molecule has 1 heterocycles. The topological polar surface area (TPSA) is 56.7 Å². The van der Waals surface area contributed by atoms with Gasteiger partial charge in [-0.05, 0) is 19.3 Å². The molecule has 1 rings (SSSR count). The Balaban J connectivity index is 2.77. The molecule has 4 heteroatoms. The lowest BCUT2D eigenvalue weighted by Crippen LogP contribution is -2.19. The molecule has 0 spiro atoms. The van der Waals surface area contributed by atoms with Gasteiger partial charge in [0.15, 0.2) is 0 Å². The highest BCUT2D eigenvalue weighted by Gasteiger charge is 2.16. The van der Waals surface area contributed by atoms with Crippen LogP contribution in [0.25, 0.3) is 0 Å². The summed E-state index contributed by atoms with van der Waals surface area (Å²) in [5, 5.41) is 4.16. The number of nitrogens with two attached hydrogens (primary N) is 1. The lowest BCUT2D eigenvalue weighted by Gasteiger charge is -2.16. The van der Waals surface area contributed by atoms with Gasteiger partial charge in [0.05, 0.1) is 0 Å². The van der Waals surface area contributed by atoms with Gasteiger partial charge >= 0.3 is 0 Å². The summed E-state index contributed by atoms with van der Waals surface area (Å²) in [6.07, 6.45) is 2.69. The van der Waals surface area contributed by atoms with Crippen LogP contribution in [0.4, 0.5) is 0 Å². The molecule has 1 aromatic heterocycles. The van der Waals surface area contributed by atoms with E-state index in [4.69, 9.17) is 5.73 Å². The molecule has 0 saturated heterocycles. The van der Waals surface area contributed by atoms with E-state index in [0.29, 0.717) is 18.4 Å². The summed E-state index contributed by atoms with van der Waals surface area (Å²) < 4.78 is 1.93. The lowest BCUT2D eigenvalue weighted by molar-refractivity contribution is 0.462. The van der Waals surface area contributed by atoms with Crippen molar-refractivity contribution < 1.29 is 0 Å². The highest BCUT2D eigenvalue weighted by Crippen LogP contribution is 2.20. The molecule has 1 unspecified atom stereocenters. The summed E-state index contributed by atoms with van der Waals surface area (Å²) in [6.45, 7) is 7.99. The van der Waals surface area contributed by atoms with Gasteiger partial charge in [-0.25, -0.2) is 4.98 Å². The smallest absolute Gasteiger partial charge is 0.138 e. The van der Waals surface area contributed by atoms with Crippen molar-refractivity contribution >= 4 is 0 Å². The third-order valence-corrected chi connectivity index (χ3v) is 2.35. The van der Waals surface area contributed by atoms with Gasteiger partial charge in [0.25, 0.3) is 0 Å². The van der Waals surface area contributed by atoms with E-state index in [1.165, 1.54) is 0 Å². The Morgan fingerprint density at radius 1 is 1.50 bits per heavy atom. The van der Waals surface area contributed by atoms with Gasteiger partial charge in [-0.2, -0.15) is 5.10 Å². The SMILES string of the molecule is CCn1ncnc1C(CN)CC(C)C. The second-order valence-electron chi connectivity index (χ2n) is 4.00. The molecule has 0 amide bonds. The molecule has 0 aliphatic carbocycles. The highest BCUT2D eigenvalue weighted by molar-refractivity contribution is 4.96. The van der Waals surface area contributed by atoms with E-state index >= 15 is 0 Å². The van der Waals surface area contributed by atoms with Crippen LogP contribution < -0.4 is 5.73 Å². The van der Waals surface area contributed by atoms with Gasteiger partial charge in [0, 0.05) is 19.0 Å². The minimum absolute atomic E-state index is 0.345. The van der Waals surface area contributed by atoms with Gasteiger partial charge in [-0.1, -0.05) is 13.8 Å². The van der Waals surface area contributed by atoms with Crippen LogP contribution in [0.1, 0.15) is 38.9 Å². The summed E-state index contributed by atoms with van der Waals surface area (Å²) in [6, 6.07) is 0. The molecule has 0 aliphatic rings. The minimum atomic E-state index is 0.345. The van der Waals surface area contributed by atoms with Crippen molar-refractivity contribution in [2.24, 2.45) is 11.7 Å². The van der Waals surface area contributed by atoms with Crippen LogP contribution in [0.3, 0.4) is 0 Å². The second-order valence-corrected chi connectivity index (χ2v) is 4.00. The fourth-order valence-electron chi connectivity index (χ4n) is 1.71. The molecule has 0 saturated carbocycles. The number of aromatic nitrogens is 3.